The van der Waals surface area contributed by atoms with Crippen molar-refractivity contribution < 1.29 is 13.9 Å². The Balaban J connectivity index is 1.62. The first kappa shape index (κ1) is 23.6. The fraction of sp³-hybridized carbons (Fsp3) is 0.192. The van der Waals surface area contributed by atoms with Crippen LogP contribution in [-0.4, -0.2) is 23.0 Å². The molecule has 4 rings (SSSR count). The van der Waals surface area contributed by atoms with Crippen LogP contribution in [0.1, 0.15) is 30.3 Å². The van der Waals surface area contributed by atoms with Gasteiger partial charge in [0.15, 0.2) is 11.5 Å². The van der Waals surface area contributed by atoms with Gasteiger partial charge in [0.1, 0.15) is 18.2 Å². The predicted octanol–water partition coefficient (Wildman–Crippen LogP) is 5.72. The van der Waals surface area contributed by atoms with Gasteiger partial charge in [0.2, 0.25) is 0 Å². The Bertz CT molecular complexity index is 1400. The van der Waals surface area contributed by atoms with Crippen molar-refractivity contribution in [3.8, 4) is 11.5 Å². The molecule has 0 aliphatic heterocycles. The van der Waals surface area contributed by atoms with E-state index in [0.717, 1.165) is 22.0 Å². The monoisotopic (exact) mass is 523 g/mol. The molecule has 0 saturated heterocycles. The fourth-order valence-corrected chi connectivity index (χ4v) is 3.81. The van der Waals surface area contributed by atoms with Crippen molar-refractivity contribution in [2.75, 3.05) is 7.11 Å². The van der Waals surface area contributed by atoms with Crippen molar-refractivity contribution in [2.24, 2.45) is 5.10 Å². The second kappa shape index (κ2) is 10.6. The van der Waals surface area contributed by atoms with Crippen molar-refractivity contribution in [3.63, 3.8) is 0 Å². The SMILES string of the molecule is CCCc1nc2ccc(Br)cc2c(=O)n1N=Cc1ccc(OCc2ccc(F)cc2)c(OC)c1. The zero-order valence-electron chi connectivity index (χ0n) is 18.8. The van der Waals surface area contributed by atoms with Crippen LogP contribution < -0.4 is 15.0 Å². The number of aromatic nitrogens is 2. The van der Waals surface area contributed by atoms with Crippen molar-refractivity contribution in [1.82, 2.24) is 9.66 Å². The summed E-state index contributed by atoms with van der Waals surface area (Å²) in [4.78, 5) is 17.8. The molecule has 0 radical (unpaired) electrons. The van der Waals surface area contributed by atoms with E-state index >= 15 is 0 Å². The van der Waals surface area contributed by atoms with Gasteiger partial charge in [0.05, 0.1) is 24.2 Å². The third-order valence-corrected chi connectivity index (χ3v) is 5.66. The Morgan fingerprint density at radius 3 is 2.62 bits per heavy atom. The van der Waals surface area contributed by atoms with Crippen LogP contribution in [0.25, 0.3) is 10.9 Å². The topological polar surface area (TPSA) is 65.7 Å². The highest BCUT2D eigenvalue weighted by atomic mass is 79.9. The number of hydrogen-bond acceptors (Lipinski definition) is 5. The highest BCUT2D eigenvalue weighted by Crippen LogP contribution is 2.28. The fourth-order valence-electron chi connectivity index (χ4n) is 3.45. The lowest BCUT2D eigenvalue weighted by Crippen LogP contribution is -2.22. The van der Waals surface area contributed by atoms with Crippen molar-refractivity contribution in [2.45, 2.75) is 26.4 Å². The molecule has 4 aromatic rings. The Labute approximate surface area is 204 Å². The van der Waals surface area contributed by atoms with E-state index in [4.69, 9.17) is 9.47 Å². The van der Waals surface area contributed by atoms with E-state index in [0.29, 0.717) is 34.6 Å². The lowest BCUT2D eigenvalue weighted by atomic mass is 10.2. The lowest BCUT2D eigenvalue weighted by Gasteiger charge is -2.12. The molecule has 174 valence electrons. The molecule has 0 saturated carbocycles. The van der Waals surface area contributed by atoms with Crippen LogP contribution in [0.15, 0.2) is 75.0 Å². The van der Waals surface area contributed by atoms with E-state index in [1.54, 1.807) is 43.7 Å². The third kappa shape index (κ3) is 5.34. The van der Waals surface area contributed by atoms with Crippen molar-refractivity contribution in [1.29, 1.82) is 0 Å². The minimum Gasteiger partial charge on any atom is -0.493 e. The maximum Gasteiger partial charge on any atom is 0.282 e. The standard InChI is InChI=1S/C26H23BrFN3O3/c1-3-4-25-30-22-11-8-19(27)14-21(22)26(32)31(25)29-15-18-7-12-23(24(13-18)33-2)34-16-17-5-9-20(28)10-6-17/h5-15H,3-4,16H2,1-2H3. The average Bonchev–Trinajstić information content (AvgIpc) is 2.84. The summed E-state index contributed by atoms with van der Waals surface area (Å²) in [6.45, 7) is 2.31. The van der Waals surface area contributed by atoms with Gasteiger partial charge < -0.3 is 9.47 Å². The van der Waals surface area contributed by atoms with Gasteiger partial charge in [-0.3, -0.25) is 4.79 Å². The molecule has 0 unspecified atom stereocenters. The first-order valence-electron chi connectivity index (χ1n) is 10.8. The molecule has 0 spiro atoms. The number of methoxy groups -OCH3 is 1. The average molecular weight is 524 g/mol. The molecular weight excluding hydrogens is 501 g/mol. The van der Waals surface area contributed by atoms with Crippen LogP contribution >= 0.6 is 15.9 Å². The summed E-state index contributed by atoms with van der Waals surface area (Å²) in [7, 11) is 1.55. The molecular formula is C26H23BrFN3O3. The zero-order valence-corrected chi connectivity index (χ0v) is 20.4. The summed E-state index contributed by atoms with van der Waals surface area (Å²) in [5.41, 5.74) is 1.99. The summed E-state index contributed by atoms with van der Waals surface area (Å²) in [6, 6.07) is 16.9. The molecule has 0 aliphatic rings. The molecule has 3 aromatic carbocycles. The largest absolute Gasteiger partial charge is 0.493 e. The van der Waals surface area contributed by atoms with Crippen LogP contribution in [-0.2, 0) is 13.0 Å². The lowest BCUT2D eigenvalue weighted by molar-refractivity contribution is 0.284. The molecule has 0 N–H and O–H groups in total. The van der Waals surface area contributed by atoms with E-state index in [9.17, 15) is 9.18 Å². The van der Waals surface area contributed by atoms with Gasteiger partial charge in [0, 0.05) is 10.9 Å². The van der Waals surface area contributed by atoms with Gasteiger partial charge in [-0.05, 0) is 66.1 Å². The van der Waals surface area contributed by atoms with Gasteiger partial charge in [-0.15, -0.1) is 0 Å². The third-order valence-electron chi connectivity index (χ3n) is 5.17. The summed E-state index contributed by atoms with van der Waals surface area (Å²) >= 11 is 3.41. The summed E-state index contributed by atoms with van der Waals surface area (Å²) in [5.74, 6) is 1.38. The smallest absolute Gasteiger partial charge is 0.282 e. The number of hydrogen-bond donors (Lipinski definition) is 0. The molecule has 1 aromatic heterocycles. The molecule has 0 fully saturated rings. The molecule has 8 heteroatoms. The van der Waals surface area contributed by atoms with Crippen LogP contribution in [0.5, 0.6) is 11.5 Å². The van der Waals surface area contributed by atoms with E-state index in [1.807, 2.05) is 25.1 Å². The van der Waals surface area contributed by atoms with Gasteiger partial charge >= 0.3 is 0 Å². The summed E-state index contributed by atoms with van der Waals surface area (Å²) < 4.78 is 26.6. The van der Waals surface area contributed by atoms with Crippen LogP contribution in [0.4, 0.5) is 4.39 Å². The highest BCUT2D eigenvalue weighted by Gasteiger charge is 2.11. The Hall–Kier alpha value is -3.52. The maximum absolute atomic E-state index is 13.1. The molecule has 1 heterocycles. The van der Waals surface area contributed by atoms with E-state index in [-0.39, 0.29) is 18.0 Å². The van der Waals surface area contributed by atoms with Crippen LogP contribution in [0, 0.1) is 5.82 Å². The first-order valence-corrected chi connectivity index (χ1v) is 11.6. The van der Waals surface area contributed by atoms with Crippen LogP contribution in [0.3, 0.4) is 0 Å². The number of ether oxygens (including phenoxy) is 2. The molecule has 6 nitrogen and oxygen atoms in total. The summed E-state index contributed by atoms with van der Waals surface area (Å²) in [6.07, 6.45) is 3.05. The number of rotatable bonds is 8. The maximum atomic E-state index is 13.1. The zero-order chi connectivity index (χ0) is 24.1. The Morgan fingerprint density at radius 1 is 1.09 bits per heavy atom. The predicted molar refractivity (Wildman–Crippen MR) is 134 cm³/mol. The van der Waals surface area contributed by atoms with Gasteiger partial charge in [-0.1, -0.05) is 35.0 Å². The number of fused-ring (bicyclic) bond motifs is 1. The quantitative estimate of drug-likeness (QED) is 0.277. The van der Waals surface area contributed by atoms with Gasteiger partial charge in [-0.25, -0.2) is 9.37 Å². The molecule has 34 heavy (non-hydrogen) atoms. The second-order valence-corrected chi connectivity index (χ2v) is 8.54. The van der Waals surface area contributed by atoms with Crippen molar-refractivity contribution in [3.05, 3.63) is 98.3 Å². The highest BCUT2D eigenvalue weighted by molar-refractivity contribution is 9.10. The molecule has 0 amide bonds. The van der Waals surface area contributed by atoms with Crippen molar-refractivity contribution >= 4 is 33.0 Å². The van der Waals surface area contributed by atoms with Gasteiger partial charge in [0.25, 0.3) is 5.56 Å². The second-order valence-electron chi connectivity index (χ2n) is 7.63. The Morgan fingerprint density at radius 2 is 1.88 bits per heavy atom. The Kier molecular flexibility index (Phi) is 7.37. The molecule has 0 aliphatic carbocycles. The molecule has 0 bridgehead atoms. The van der Waals surface area contributed by atoms with Gasteiger partial charge in [-0.2, -0.15) is 9.78 Å². The minimum atomic E-state index is -0.291. The number of aryl methyl sites for hydroxylation is 1. The first-order chi connectivity index (χ1) is 16.5. The number of halogens is 2. The summed E-state index contributed by atoms with van der Waals surface area (Å²) in [5, 5.41) is 4.94. The van der Waals surface area contributed by atoms with E-state index < -0.39 is 0 Å². The van der Waals surface area contributed by atoms with E-state index in [1.165, 1.54) is 16.8 Å². The minimum absolute atomic E-state index is 0.225. The number of benzene rings is 3. The van der Waals surface area contributed by atoms with E-state index in [2.05, 4.69) is 26.0 Å². The van der Waals surface area contributed by atoms with Crippen LogP contribution in [0.2, 0.25) is 0 Å². The number of nitrogens with zero attached hydrogens (tertiary/aromatic N) is 3. The molecule has 0 atom stereocenters. The normalized spacial score (nSPS) is 11.3.